The number of aromatic nitrogens is 3. The molecule has 0 saturated heterocycles. The molecule has 0 atom stereocenters. The topological polar surface area (TPSA) is 30.7 Å². The number of rotatable bonds is 5. The molecule has 0 unspecified atom stereocenters. The second kappa shape index (κ2) is 8.35. The lowest BCUT2D eigenvalue weighted by Gasteiger charge is -2.10. The predicted octanol–water partition coefficient (Wildman–Crippen LogP) is 6.67. The van der Waals surface area contributed by atoms with Crippen molar-refractivity contribution in [1.29, 1.82) is 0 Å². The van der Waals surface area contributed by atoms with Crippen LogP contribution in [0.3, 0.4) is 0 Å². The predicted molar refractivity (Wildman–Crippen MR) is 113 cm³/mol. The van der Waals surface area contributed by atoms with Crippen molar-refractivity contribution in [3.63, 3.8) is 0 Å². The molecule has 140 valence electrons. The molecule has 3 nitrogen and oxygen atoms in total. The Bertz CT molecular complexity index is 1100. The van der Waals surface area contributed by atoms with E-state index in [2.05, 4.69) is 10.2 Å². The van der Waals surface area contributed by atoms with Crippen molar-refractivity contribution in [2.24, 2.45) is 0 Å². The van der Waals surface area contributed by atoms with Gasteiger partial charge < -0.3 is 0 Å². The first-order valence-electron chi connectivity index (χ1n) is 8.45. The van der Waals surface area contributed by atoms with E-state index in [-0.39, 0.29) is 5.82 Å². The average Bonchev–Trinajstić information content (AvgIpc) is 3.14. The maximum Gasteiger partial charge on any atom is 0.196 e. The summed E-state index contributed by atoms with van der Waals surface area (Å²) in [5.41, 5.74) is 2.75. The Morgan fingerprint density at radius 3 is 2.32 bits per heavy atom. The van der Waals surface area contributed by atoms with Crippen LogP contribution in [0.4, 0.5) is 4.39 Å². The van der Waals surface area contributed by atoms with Crippen LogP contribution in [-0.4, -0.2) is 14.8 Å². The van der Waals surface area contributed by atoms with Crippen LogP contribution in [0.2, 0.25) is 10.0 Å². The zero-order chi connectivity index (χ0) is 19.5. The van der Waals surface area contributed by atoms with Gasteiger partial charge in [0.2, 0.25) is 0 Å². The maximum atomic E-state index is 13.4. The van der Waals surface area contributed by atoms with E-state index < -0.39 is 0 Å². The summed E-state index contributed by atoms with van der Waals surface area (Å²) in [6.45, 7) is 0. The van der Waals surface area contributed by atoms with Crippen LogP contribution in [0.5, 0.6) is 0 Å². The molecule has 0 fully saturated rings. The van der Waals surface area contributed by atoms with E-state index in [9.17, 15) is 4.39 Å². The Kier molecular flexibility index (Phi) is 5.67. The Hall–Kier alpha value is -2.34. The molecule has 1 heterocycles. The van der Waals surface area contributed by atoms with Gasteiger partial charge in [0.15, 0.2) is 11.0 Å². The molecule has 4 aromatic rings. The molecule has 0 radical (unpaired) electrons. The summed E-state index contributed by atoms with van der Waals surface area (Å²) in [6, 6.07) is 21.6. The summed E-state index contributed by atoms with van der Waals surface area (Å²) in [5, 5.41) is 10.5. The third-order valence-corrected chi connectivity index (χ3v) is 5.84. The standard InChI is InChI=1S/C21H14Cl2FN3S/c22-18-11-6-14(12-19(18)23)13-28-21-26-25-20(15-4-2-1-3-5-15)27(21)17-9-7-16(24)8-10-17/h1-12H,13H2. The Balaban J connectivity index is 1.71. The van der Waals surface area contributed by atoms with Crippen LogP contribution in [0, 0.1) is 5.82 Å². The smallest absolute Gasteiger partial charge is 0.196 e. The third-order valence-electron chi connectivity index (χ3n) is 4.10. The van der Waals surface area contributed by atoms with E-state index in [1.165, 1.54) is 23.9 Å². The second-order valence-electron chi connectivity index (χ2n) is 6.02. The Morgan fingerprint density at radius 1 is 0.857 bits per heavy atom. The maximum absolute atomic E-state index is 13.4. The first kappa shape index (κ1) is 19.0. The SMILES string of the molecule is Fc1ccc(-n2c(SCc3ccc(Cl)c(Cl)c3)nnc2-c2ccccc2)cc1. The average molecular weight is 430 g/mol. The molecule has 0 aliphatic carbocycles. The number of hydrogen-bond donors (Lipinski definition) is 0. The minimum Gasteiger partial charge on any atom is -0.270 e. The molecule has 0 aliphatic heterocycles. The summed E-state index contributed by atoms with van der Waals surface area (Å²) in [7, 11) is 0. The van der Waals surface area contributed by atoms with Gasteiger partial charge >= 0.3 is 0 Å². The van der Waals surface area contributed by atoms with E-state index in [4.69, 9.17) is 23.2 Å². The molecule has 3 aromatic carbocycles. The minimum absolute atomic E-state index is 0.289. The van der Waals surface area contributed by atoms with Gasteiger partial charge in [-0.2, -0.15) is 0 Å². The summed E-state index contributed by atoms with van der Waals surface area (Å²) in [5.74, 6) is 1.05. The fourth-order valence-electron chi connectivity index (χ4n) is 2.74. The zero-order valence-corrected chi connectivity index (χ0v) is 16.8. The fourth-order valence-corrected chi connectivity index (χ4v) is 3.95. The molecular weight excluding hydrogens is 416 g/mol. The van der Waals surface area contributed by atoms with Crippen molar-refractivity contribution in [2.45, 2.75) is 10.9 Å². The molecule has 0 aliphatic rings. The highest BCUT2D eigenvalue weighted by Crippen LogP contribution is 2.31. The first-order valence-corrected chi connectivity index (χ1v) is 10.2. The lowest BCUT2D eigenvalue weighted by atomic mass is 10.2. The fraction of sp³-hybridized carbons (Fsp3) is 0.0476. The molecule has 4 rings (SSSR count). The number of nitrogens with zero attached hydrogens (tertiary/aromatic N) is 3. The number of benzene rings is 3. The highest BCUT2D eigenvalue weighted by Gasteiger charge is 2.16. The third kappa shape index (κ3) is 4.07. The molecule has 0 bridgehead atoms. The summed E-state index contributed by atoms with van der Waals surface area (Å²) in [4.78, 5) is 0. The zero-order valence-electron chi connectivity index (χ0n) is 14.5. The van der Waals surface area contributed by atoms with E-state index >= 15 is 0 Å². The van der Waals surface area contributed by atoms with Gasteiger partial charge in [0.1, 0.15) is 5.82 Å². The Labute approximate surface area is 176 Å². The lowest BCUT2D eigenvalue weighted by molar-refractivity contribution is 0.627. The molecule has 0 spiro atoms. The van der Waals surface area contributed by atoms with Crippen molar-refractivity contribution >= 4 is 35.0 Å². The van der Waals surface area contributed by atoms with Crippen LogP contribution < -0.4 is 0 Å². The minimum atomic E-state index is -0.289. The van der Waals surface area contributed by atoms with Gasteiger partial charge in [-0.1, -0.05) is 71.4 Å². The van der Waals surface area contributed by atoms with Crippen LogP contribution in [0.1, 0.15) is 5.56 Å². The van der Waals surface area contributed by atoms with Gasteiger partial charge in [-0.3, -0.25) is 4.57 Å². The second-order valence-corrected chi connectivity index (χ2v) is 7.78. The first-order chi connectivity index (χ1) is 13.6. The molecule has 0 amide bonds. The van der Waals surface area contributed by atoms with Gasteiger partial charge in [0.05, 0.1) is 10.0 Å². The highest BCUT2D eigenvalue weighted by molar-refractivity contribution is 7.98. The van der Waals surface area contributed by atoms with Crippen LogP contribution in [-0.2, 0) is 5.75 Å². The van der Waals surface area contributed by atoms with E-state index in [1.807, 2.05) is 47.0 Å². The van der Waals surface area contributed by atoms with Gasteiger partial charge in [-0.15, -0.1) is 10.2 Å². The van der Waals surface area contributed by atoms with Crippen molar-refractivity contribution in [3.8, 4) is 17.1 Å². The normalized spacial score (nSPS) is 11.0. The van der Waals surface area contributed by atoms with Gasteiger partial charge in [-0.05, 0) is 42.0 Å². The molecule has 7 heteroatoms. The molecule has 0 saturated carbocycles. The number of hydrogen-bond acceptors (Lipinski definition) is 3. The largest absolute Gasteiger partial charge is 0.270 e. The molecule has 1 aromatic heterocycles. The summed E-state index contributed by atoms with van der Waals surface area (Å²) >= 11 is 13.6. The number of halogens is 3. The molecular formula is C21H14Cl2FN3S. The van der Waals surface area contributed by atoms with E-state index in [0.717, 1.165) is 16.8 Å². The van der Waals surface area contributed by atoms with Crippen LogP contribution in [0.25, 0.3) is 17.1 Å². The Morgan fingerprint density at radius 2 is 1.61 bits per heavy atom. The van der Waals surface area contributed by atoms with E-state index in [1.54, 1.807) is 18.2 Å². The monoisotopic (exact) mass is 429 g/mol. The van der Waals surface area contributed by atoms with Crippen molar-refractivity contribution in [3.05, 3.63) is 94.2 Å². The lowest BCUT2D eigenvalue weighted by Crippen LogP contribution is -2.00. The van der Waals surface area contributed by atoms with Gasteiger partial charge in [0, 0.05) is 17.0 Å². The van der Waals surface area contributed by atoms with Crippen molar-refractivity contribution < 1.29 is 4.39 Å². The molecule has 28 heavy (non-hydrogen) atoms. The summed E-state index contributed by atoms with van der Waals surface area (Å²) < 4.78 is 15.4. The van der Waals surface area contributed by atoms with E-state index in [0.29, 0.717) is 26.8 Å². The van der Waals surface area contributed by atoms with Gasteiger partial charge in [-0.25, -0.2) is 4.39 Å². The molecule has 0 N–H and O–H groups in total. The van der Waals surface area contributed by atoms with Crippen LogP contribution >= 0.6 is 35.0 Å². The van der Waals surface area contributed by atoms with Crippen LogP contribution in [0.15, 0.2) is 78.0 Å². The number of thioether (sulfide) groups is 1. The summed E-state index contributed by atoms with van der Waals surface area (Å²) in [6.07, 6.45) is 0. The highest BCUT2D eigenvalue weighted by atomic mass is 35.5. The van der Waals surface area contributed by atoms with Crippen molar-refractivity contribution in [2.75, 3.05) is 0 Å². The quantitative estimate of drug-likeness (QED) is 0.331. The van der Waals surface area contributed by atoms with Crippen molar-refractivity contribution in [1.82, 2.24) is 14.8 Å². The van der Waals surface area contributed by atoms with Gasteiger partial charge in [0.25, 0.3) is 0 Å².